The van der Waals surface area contributed by atoms with Crippen LogP contribution in [0.1, 0.15) is 53.9 Å². The van der Waals surface area contributed by atoms with Gasteiger partial charge in [0.1, 0.15) is 0 Å². The van der Waals surface area contributed by atoms with E-state index < -0.39 is 35.9 Å². The summed E-state index contributed by atoms with van der Waals surface area (Å²) >= 11 is 0. The van der Waals surface area contributed by atoms with Gasteiger partial charge in [0.2, 0.25) is 5.91 Å². The number of carbonyl (C=O) groups excluding carboxylic acids is 1. The lowest BCUT2D eigenvalue weighted by atomic mass is 9.69. The lowest BCUT2D eigenvalue weighted by Crippen LogP contribution is -2.64. The zero-order chi connectivity index (χ0) is 24.7. The van der Waals surface area contributed by atoms with Crippen molar-refractivity contribution >= 4 is 5.91 Å². The Bertz CT molecular complexity index is 678. The third-order valence-corrected chi connectivity index (χ3v) is 8.09. The van der Waals surface area contributed by atoms with Crippen molar-refractivity contribution in [2.45, 2.75) is 96.2 Å². The molecule has 3 saturated heterocycles. The van der Waals surface area contributed by atoms with Gasteiger partial charge in [-0.2, -0.15) is 0 Å². The zero-order valence-corrected chi connectivity index (χ0v) is 21.8. The number of hydrogen-bond acceptors (Lipinski definition) is 7. The number of fused-ring (bicyclic) bond motifs is 2. The molecule has 0 radical (unpaired) electrons. The Labute approximate surface area is 200 Å². The molecule has 1 unspecified atom stereocenters. The summed E-state index contributed by atoms with van der Waals surface area (Å²) in [7, 11) is 6.20. The second-order valence-corrected chi connectivity index (χ2v) is 11.7. The standard InChI is InChI=1S/C25H47N3O5/c1-14-10-25(31)11-19-20(27(6)7)9-16(3)32-24(19)33-22(25)17(4)21(29)18(5)23(30)26-15(2)13-28(8)12-14/h14-22,24,29,31H,9-13H2,1-8H3,(H,26,30)/t14-,15?,16-,17+,18-,19-,20+,21+,22-,24+,25+/m1/s1. The number of aliphatic hydroxyl groups excluding tert-OH is 1. The summed E-state index contributed by atoms with van der Waals surface area (Å²) in [5, 5.41) is 26.4. The molecule has 0 aromatic heterocycles. The second-order valence-electron chi connectivity index (χ2n) is 11.7. The molecule has 0 bridgehead atoms. The molecule has 0 aromatic rings. The molecule has 8 heteroatoms. The summed E-state index contributed by atoms with van der Waals surface area (Å²) in [5.41, 5.74) is -1.12. The molecule has 3 aliphatic rings. The van der Waals surface area contributed by atoms with Crippen LogP contribution in [-0.2, 0) is 14.3 Å². The van der Waals surface area contributed by atoms with Crippen LogP contribution in [-0.4, -0.2) is 102 Å². The molecule has 3 fully saturated rings. The van der Waals surface area contributed by atoms with E-state index in [2.05, 4.69) is 43.1 Å². The Hall–Kier alpha value is -0.770. The summed E-state index contributed by atoms with van der Waals surface area (Å²) in [4.78, 5) is 17.3. The first-order chi connectivity index (χ1) is 15.3. The predicted molar refractivity (Wildman–Crippen MR) is 128 cm³/mol. The van der Waals surface area contributed by atoms with Gasteiger partial charge < -0.3 is 34.8 Å². The molecule has 1 amide bonds. The number of aliphatic hydroxyl groups is 2. The summed E-state index contributed by atoms with van der Waals surface area (Å²) in [6.45, 7) is 11.4. The van der Waals surface area contributed by atoms with Crippen LogP contribution < -0.4 is 5.32 Å². The highest BCUT2D eigenvalue weighted by molar-refractivity contribution is 5.79. The number of nitrogens with one attached hydrogen (secondary N) is 1. The van der Waals surface area contributed by atoms with Gasteiger partial charge in [0.25, 0.3) is 0 Å². The number of carbonyl (C=O) groups is 1. The van der Waals surface area contributed by atoms with E-state index in [0.717, 1.165) is 13.0 Å². The fourth-order valence-corrected chi connectivity index (χ4v) is 6.60. The monoisotopic (exact) mass is 469 g/mol. The van der Waals surface area contributed by atoms with Gasteiger partial charge in [-0.15, -0.1) is 0 Å². The van der Waals surface area contributed by atoms with Crippen LogP contribution in [0.4, 0.5) is 0 Å². The van der Waals surface area contributed by atoms with E-state index in [9.17, 15) is 15.0 Å². The number of ether oxygens (including phenoxy) is 2. The first-order valence-corrected chi connectivity index (χ1v) is 12.7. The fraction of sp³-hybridized carbons (Fsp3) is 0.960. The van der Waals surface area contributed by atoms with E-state index >= 15 is 0 Å². The van der Waals surface area contributed by atoms with Crippen LogP contribution in [0.3, 0.4) is 0 Å². The van der Waals surface area contributed by atoms with Gasteiger partial charge >= 0.3 is 0 Å². The van der Waals surface area contributed by atoms with Crippen molar-refractivity contribution in [1.82, 2.24) is 15.1 Å². The Morgan fingerprint density at radius 2 is 1.76 bits per heavy atom. The minimum atomic E-state index is -1.12. The molecule has 0 aliphatic carbocycles. The second kappa shape index (κ2) is 10.5. The van der Waals surface area contributed by atoms with Gasteiger partial charge in [0.05, 0.1) is 29.8 Å². The molecule has 33 heavy (non-hydrogen) atoms. The smallest absolute Gasteiger partial charge is 0.225 e. The van der Waals surface area contributed by atoms with Gasteiger partial charge in [-0.05, 0) is 60.2 Å². The number of hydrogen-bond donors (Lipinski definition) is 3. The molecule has 0 spiro atoms. The lowest BCUT2D eigenvalue weighted by Gasteiger charge is -2.55. The van der Waals surface area contributed by atoms with Gasteiger partial charge in [0.15, 0.2) is 6.29 Å². The number of rotatable bonds is 1. The molecule has 3 rings (SSSR count). The van der Waals surface area contributed by atoms with Crippen LogP contribution >= 0.6 is 0 Å². The molecular formula is C25H47N3O5. The maximum atomic E-state index is 12.9. The minimum Gasteiger partial charge on any atom is -0.392 e. The van der Waals surface area contributed by atoms with Crippen molar-refractivity contribution in [2.75, 3.05) is 34.2 Å². The number of amides is 1. The molecular weight excluding hydrogens is 422 g/mol. The fourth-order valence-electron chi connectivity index (χ4n) is 6.60. The lowest BCUT2D eigenvalue weighted by molar-refractivity contribution is -0.328. The Kier molecular flexibility index (Phi) is 8.51. The van der Waals surface area contributed by atoms with E-state index in [-0.39, 0.29) is 35.9 Å². The van der Waals surface area contributed by atoms with Crippen LogP contribution in [0.25, 0.3) is 0 Å². The van der Waals surface area contributed by atoms with Crippen LogP contribution in [0, 0.1) is 23.7 Å². The van der Waals surface area contributed by atoms with E-state index in [1.54, 1.807) is 6.92 Å². The van der Waals surface area contributed by atoms with E-state index in [1.165, 1.54) is 0 Å². The summed E-state index contributed by atoms with van der Waals surface area (Å²) < 4.78 is 12.8. The van der Waals surface area contributed by atoms with Crippen LogP contribution in [0.5, 0.6) is 0 Å². The summed E-state index contributed by atoms with van der Waals surface area (Å²) in [6.07, 6.45) is 0.0802. The Morgan fingerprint density at radius 3 is 2.39 bits per heavy atom. The quantitative estimate of drug-likeness (QED) is 0.533. The molecule has 3 heterocycles. The van der Waals surface area contributed by atoms with E-state index in [4.69, 9.17) is 9.47 Å². The third kappa shape index (κ3) is 5.90. The third-order valence-electron chi connectivity index (χ3n) is 8.09. The normalized spacial score (nSPS) is 48.6. The predicted octanol–water partition coefficient (Wildman–Crippen LogP) is 1.30. The molecule has 192 valence electrons. The van der Waals surface area contributed by atoms with Crippen molar-refractivity contribution in [1.29, 1.82) is 0 Å². The van der Waals surface area contributed by atoms with Crippen LogP contribution in [0.15, 0.2) is 0 Å². The zero-order valence-electron chi connectivity index (χ0n) is 21.8. The Morgan fingerprint density at radius 1 is 1.09 bits per heavy atom. The van der Waals surface area contributed by atoms with Crippen molar-refractivity contribution in [3.8, 4) is 0 Å². The number of nitrogens with zero attached hydrogens (tertiary/aromatic N) is 2. The molecule has 3 N–H and O–H groups in total. The van der Waals surface area contributed by atoms with Gasteiger partial charge in [-0.25, -0.2) is 0 Å². The van der Waals surface area contributed by atoms with E-state index in [1.807, 2.05) is 20.9 Å². The molecule has 11 atom stereocenters. The Balaban J connectivity index is 1.96. The average Bonchev–Trinajstić information content (AvgIpc) is 2.70. The summed E-state index contributed by atoms with van der Waals surface area (Å²) in [5.74, 6) is -0.957. The highest BCUT2D eigenvalue weighted by Crippen LogP contribution is 2.46. The molecule has 8 nitrogen and oxygen atoms in total. The highest BCUT2D eigenvalue weighted by atomic mass is 16.7. The van der Waals surface area contributed by atoms with E-state index in [0.29, 0.717) is 19.4 Å². The maximum absolute atomic E-state index is 12.9. The average molecular weight is 470 g/mol. The topological polar surface area (TPSA) is 94.5 Å². The molecule has 3 aliphatic heterocycles. The first kappa shape index (κ1) is 26.8. The first-order valence-electron chi connectivity index (χ1n) is 12.7. The van der Waals surface area contributed by atoms with Crippen molar-refractivity contribution in [2.24, 2.45) is 23.7 Å². The molecule has 0 aromatic carbocycles. The van der Waals surface area contributed by atoms with Gasteiger partial charge in [-0.3, -0.25) is 4.79 Å². The van der Waals surface area contributed by atoms with Gasteiger partial charge in [0, 0.05) is 37.0 Å². The SMILES string of the molecule is CC1CN(C)C[C@H](C)C[C@]2(O)C[C@H]3[C@@H](O[C@H](C)C[C@@H]3N(C)C)O[C@@H]2[C@@H](C)[C@H](O)[C@@H](C)C(=O)N1. The van der Waals surface area contributed by atoms with Crippen LogP contribution in [0.2, 0.25) is 0 Å². The van der Waals surface area contributed by atoms with Crippen molar-refractivity contribution in [3.63, 3.8) is 0 Å². The molecule has 0 saturated carbocycles. The van der Waals surface area contributed by atoms with Crippen molar-refractivity contribution < 1.29 is 24.5 Å². The highest BCUT2D eigenvalue weighted by Gasteiger charge is 2.56. The number of likely N-dealkylation sites (N-methyl/N-ethyl adjacent to an activating group) is 1. The van der Waals surface area contributed by atoms with Gasteiger partial charge in [-0.1, -0.05) is 20.8 Å². The van der Waals surface area contributed by atoms with Crippen molar-refractivity contribution in [3.05, 3.63) is 0 Å². The largest absolute Gasteiger partial charge is 0.392 e. The summed E-state index contributed by atoms with van der Waals surface area (Å²) in [6, 6.07) is 0.220. The maximum Gasteiger partial charge on any atom is 0.225 e. The minimum absolute atomic E-state index is 0.0272.